The van der Waals surface area contributed by atoms with E-state index >= 15 is 0 Å². The van der Waals surface area contributed by atoms with Gasteiger partial charge in [0.25, 0.3) is 5.56 Å². The highest BCUT2D eigenvalue weighted by Crippen LogP contribution is 2.21. The first-order valence-corrected chi connectivity index (χ1v) is 9.82. The summed E-state index contributed by atoms with van der Waals surface area (Å²) in [6.45, 7) is 0. The molecule has 1 heterocycles. The molecule has 1 aromatic heterocycles. The van der Waals surface area contributed by atoms with Crippen LogP contribution in [0.15, 0.2) is 76.7 Å². The Kier molecular flexibility index (Phi) is 5.26. The Bertz CT molecular complexity index is 1260. The van der Waals surface area contributed by atoms with Gasteiger partial charge >= 0.3 is 0 Å². The summed E-state index contributed by atoms with van der Waals surface area (Å²) in [6.07, 6.45) is 0. The summed E-state index contributed by atoms with van der Waals surface area (Å²) in [6, 6.07) is 20.6. The highest BCUT2D eigenvalue weighted by Gasteiger charge is 2.12. The number of aromatic amines is 1. The summed E-state index contributed by atoms with van der Waals surface area (Å²) in [5.41, 5.74) is 7.31. The van der Waals surface area contributed by atoms with Crippen molar-refractivity contribution in [2.75, 3.05) is 16.8 Å². The van der Waals surface area contributed by atoms with Gasteiger partial charge in [0.2, 0.25) is 5.91 Å². The predicted molar refractivity (Wildman–Crippen MR) is 116 cm³/mol. The number of nitrogen functional groups attached to an aromatic ring is 1. The van der Waals surface area contributed by atoms with Gasteiger partial charge in [-0.25, -0.2) is 0 Å². The number of carbonyl (C=O) groups is 1. The Hall–Kier alpha value is -3.65. The van der Waals surface area contributed by atoms with Crippen molar-refractivity contribution in [2.24, 2.45) is 0 Å². The number of hydrogen-bond donors (Lipinski definition) is 3. The van der Waals surface area contributed by atoms with Gasteiger partial charge in [0.1, 0.15) is 0 Å². The van der Waals surface area contributed by atoms with Gasteiger partial charge in [-0.15, -0.1) is 10.2 Å². The van der Waals surface area contributed by atoms with Crippen LogP contribution in [0.2, 0.25) is 0 Å². The van der Waals surface area contributed by atoms with Crippen molar-refractivity contribution in [1.82, 2.24) is 15.2 Å². The number of fused-ring (bicyclic) bond motifs is 1. The van der Waals surface area contributed by atoms with E-state index in [1.54, 1.807) is 24.3 Å². The number of nitrogens with two attached hydrogens (primary N) is 1. The number of rotatable bonds is 5. The Morgan fingerprint density at radius 1 is 1.00 bits per heavy atom. The molecule has 0 spiro atoms. The average molecular weight is 403 g/mol. The van der Waals surface area contributed by atoms with E-state index in [1.165, 1.54) is 0 Å². The van der Waals surface area contributed by atoms with E-state index in [0.29, 0.717) is 16.9 Å². The number of amides is 1. The molecule has 3 aromatic carbocycles. The smallest absolute Gasteiger partial charge is 0.278 e. The van der Waals surface area contributed by atoms with Crippen LogP contribution in [0.5, 0.6) is 0 Å². The van der Waals surface area contributed by atoms with Crippen molar-refractivity contribution in [3.8, 4) is 11.3 Å². The summed E-state index contributed by atoms with van der Waals surface area (Å²) in [5, 5.41) is 13.2. The molecule has 29 heavy (non-hydrogen) atoms. The zero-order valence-corrected chi connectivity index (χ0v) is 16.1. The van der Waals surface area contributed by atoms with Gasteiger partial charge in [-0.2, -0.15) is 0 Å². The third kappa shape index (κ3) is 4.27. The molecule has 0 unspecified atom stereocenters. The average Bonchev–Trinajstić information content (AvgIpc) is 2.73. The lowest BCUT2D eigenvalue weighted by Crippen LogP contribution is -2.17. The molecule has 0 aliphatic carbocycles. The van der Waals surface area contributed by atoms with E-state index < -0.39 is 5.56 Å². The number of anilines is 2. The molecule has 8 heteroatoms. The van der Waals surface area contributed by atoms with Crippen molar-refractivity contribution >= 4 is 39.8 Å². The Morgan fingerprint density at radius 3 is 2.55 bits per heavy atom. The number of nitrogens with zero attached hydrogens (tertiary/aromatic N) is 2. The Morgan fingerprint density at radius 2 is 1.76 bits per heavy atom. The number of aromatic nitrogens is 3. The normalized spacial score (nSPS) is 10.8. The SMILES string of the molecule is Nc1ccccc1-c1nnc(SCC(=O)Nc2ccc3ccccc3c2)[nH]c1=O. The summed E-state index contributed by atoms with van der Waals surface area (Å²) in [5.74, 6) is -0.117. The second-order valence-electron chi connectivity index (χ2n) is 6.29. The van der Waals surface area contributed by atoms with E-state index in [9.17, 15) is 9.59 Å². The van der Waals surface area contributed by atoms with E-state index in [4.69, 9.17) is 5.73 Å². The molecule has 7 nitrogen and oxygen atoms in total. The second-order valence-corrected chi connectivity index (χ2v) is 7.26. The first-order chi connectivity index (χ1) is 14.1. The van der Waals surface area contributed by atoms with E-state index in [1.807, 2.05) is 42.5 Å². The van der Waals surface area contributed by atoms with E-state index in [0.717, 1.165) is 22.5 Å². The lowest BCUT2D eigenvalue weighted by atomic mass is 10.1. The number of nitrogens with one attached hydrogen (secondary N) is 2. The second kappa shape index (κ2) is 8.15. The van der Waals surface area contributed by atoms with Crippen LogP contribution in [0, 0.1) is 0 Å². The molecule has 0 bridgehead atoms. The first kappa shape index (κ1) is 18.7. The van der Waals surface area contributed by atoms with Crippen molar-refractivity contribution in [2.45, 2.75) is 5.16 Å². The lowest BCUT2D eigenvalue weighted by molar-refractivity contribution is -0.113. The largest absolute Gasteiger partial charge is 0.398 e. The standard InChI is InChI=1S/C21H17N5O2S/c22-17-8-4-3-7-16(17)19-20(28)24-21(26-25-19)29-12-18(27)23-15-10-9-13-5-1-2-6-14(13)11-15/h1-11H,12,22H2,(H,23,27)(H,24,26,28). The lowest BCUT2D eigenvalue weighted by Gasteiger charge is -2.07. The van der Waals surface area contributed by atoms with Gasteiger partial charge in [0, 0.05) is 16.9 Å². The molecule has 1 amide bonds. The van der Waals surface area contributed by atoms with Crippen molar-refractivity contribution in [3.05, 3.63) is 77.1 Å². The van der Waals surface area contributed by atoms with Gasteiger partial charge in [0.05, 0.1) is 5.75 Å². The third-order valence-corrected chi connectivity index (χ3v) is 5.13. The maximum absolute atomic E-state index is 12.3. The summed E-state index contributed by atoms with van der Waals surface area (Å²) in [7, 11) is 0. The van der Waals surface area contributed by atoms with Crippen LogP contribution < -0.4 is 16.6 Å². The third-order valence-electron chi connectivity index (χ3n) is 4.27. The number of benzene rings is 3. The number of H-pyrrole nitrogens is 1. The van der Waals surface area contributed by atoms with Gasteiger partial charge in [-0.3, -0.25) is 14.6 Å². The molecular weight excluding hydrogens is 386 g/mol. The van der Waals surface area contributed by atoms with Crippen LogP contribution in [-0.2, 0) is 4.79 Å². The minimum Gasteiger partial charge on any atom is -0.398 e. The maximum atomic E-state index is 12.3. The quantitative estimate of drug-likeness (QED) is 0.348. The maximum Gasteiger partial charge on any atom is 0.278 e. The fourth-order valence-electron chi connectivity index (χ4n) is 2.87. The molecule has 0 atom stereocenters. The molecule has 4 rings (SSSR count). The van der Waals surface area contributed by atoms with Gasteiger partial charge < -0.3 is 11.1 Å². The van der Waals surface area contributed by atoms with E-state index in [2.05, 4.69) is 20.5 Å². The van der Waals surface area contributed by atoms with Crippen LogP contribution in [-0.4, -0.2) is 26.8 Å². The van der Waals surface area contributed by atoms with Crippen LogP contribution in [0.4, 0.5) is 11.4 Å². The number of para-hydroxylation sites is 1. The molecule has 4 N–H and O–H groups in total. The van der Waals surface area contributed by atoms with Crippen LogP contribution in [0.25, 0.3) is 22.0 Å². The summed E-state index contributed by atoms with van der Waals surface area (Å²) in [4.78, 5) is 27.2. The predicted octanol–water partition coefficient (Wildman–Crippen LogP) is 3.30. The highest BCUT2D eigenvalue weighted by atomic mass is 32.2. The molecule has 0 aliphatic heterocycles. The number of thioether (sulfide) groups is 1. The van der Waals surface area contributed by atoms with Crippen molar-refractivity contribution in [3.63, 3.8) is 0 Å². The molecule has 4 aromatic rings. The monoisotopic (exact) mass is 403 g/mol. The van der Waals surface area contributed by atoms with Crippen LogP contribution in [0.3, 0.4) is 0 Å². The molecule has 0 aliphatic rings. The Balaban J connectivity index is 1.42. The molecule has 0 saturated heterocycles. The van der Waals surface area contributed by atoms with Crippen LogP contribution >= 0.6 is 11.8 Å². The molecule has 144 valence electrons. The number of carbonyl (C=O) groups excluding carboxylic acids is 1. The van der Waals surface area contributed by atoms with Gasteiger partial charge in [-0.05, 0) is 29.0 Å². The van der Waals surface area contributed by atoms with Gasteiger partial charge in [-0.1, -0.05) is 60.3 Å². The zero-order chi connectivity index (χ0) is 20.2. The number of hydrogen-bond acceptors (Lipinski definition) is 6. The zero-order valence-electron chi connectivity index (χ0n) is 15.3. The topological polar surface area (TPSA) is 114 Å². The fraction of sp³-hybridized carbons (Fsp3) is 0.0476. The fourth-order valence-corrected chi connectivity index (χ4v) is 3.48. The van der Waals surface area contributed by atoms with Crippen molar-refractivity contribution in [1.29, 1.82) is 0 Å². The molecule has 0 fully saturated rings. The molecule has 0 radical (unpaired) electrons. The van der Waals surface area contributed by atoms with E-state index in [-0.39, 0.29) is 22.5 Å². The first-order valence-electron chi connectivity index (χ1n) is 8.83. The molecule has 0 saturated carbocycles. The van der Waals surface area contributed by atoms with Crippen LogP contribution in [0.1, 0.15) is 0 Å². The van der Waals surface area contributed by atoms with Gasteiger partial charge in [0.15, 0.2) is 10.9 Å². The summed E-state index contributed by atoms with van der Waals surface area (Å²) < 4.78 is 0. The Labute approximate surface area is 170 Å². The van der Waals surface area contributed by atoms with Crippen molar-refractivity contribution < 1.29 is 4.79 Å². The highest BCUT2D eigenvalue weighted by molar-refractivity contribution is 7.99. The minimum atomic E-state index is -0.407. The minimum absolute atomic E-state index is 0.0876. The molecular formula is C21H17N5O2S. The summed E-state index contributed by atoms with van der Waals surface area (Å²) >= 11 is 1.10.